The van der Waals surface area contributed by atoms with Crippen LogP contribution in [0.25, 0.3) is 11.4 Å². The first-order valence-electron chi connectivity index (χ1n) is 6.38. The Bertz CT molecular complexity index is 588. The lowest BCUT2D eigenvalue weighted by atomic mass is 10.2. The second-order valence-corrected chi connectivity index (χ2v) is 5.02. The van der Waals surface area contributed by atoms with E-state index in [-0.39, 0.29) is 6.10 Å². The van der Waals surface area contributed by atoms with Gasteiger partial charge in [0.05, 0.1) is 18.4 Å². The summed E-state index contributed by atoms with van der Waals surface area (Å²) in [5.74, 6) is 1.35. The average Bonchev–Trinajstić information content (AvgIpc) is 2.38. The fraction of sp³-hybridized carbons (Fsp3) is 0.333. The number of methoxy groups -OCH3 is 1. The molecule has 0 spiro atoms. The number of rotatable bonds is 5. The molecule has 0 N–H and O–H groups in total. The van der Waals surface area contributed by atoms with Crippen molar-refractivity contribution >= 4 is 11.6 Å². The molecular formula is C15H17ClN2O2. The summed E-state index contributed by atoms with van der Waals surface area (Å²) in [5.41, 5.74) is 1.61. The van der Waals surface area contributed by atoms with Gasteiger partial charge in [-0.3, -0.25) is 0 Å². The molecule has 20 heavy (non-hydrogen) atoms. The molecule has 5 heteroatoms. The molecule has 1 aromatic carbocycles. The largest absolute Gasteiger partial charge is 0.491 e. The lowest BCUT2D eigenvalue weighted by Gasteiger charge is -2.11. The summed E-state index contributed by atoms with van der Waals surface area (Å²) >= 11 is 6.02. The summed E-state index contributed by atoms with van der Waals surface area (Å²) in [4.78, 5) is 8.69. The molecule has 106 valence electrons. The van der Waals surface area contributed by atoms with Crippen molar-refractivity contribution in [3.05, 3.63) is 41.2 Å². The van der Waals surface area contributed by atoms with Gasteiger partial charge in [0.25, 0.3) is 0 Å². The first-order chi connectivity index (χ1) is 9.58. The summed E-state index contributed by atoms with van der Waals surface area (Å²) < 4.78 is 10.7. The standard InChI is InChI=1S/C15H17ClN2O2/c1-10(2)20-13-6-4-5-11(7-13)15-17-12(9-19-3)8-14(16)18-15/h4-8,10H,9H2,1-3H3. The molecule has 0 atom stereocenters. The van der Waals surface area contributed by atoms with E-state index in [1.165, 1.54) is 0 Å². The van der Waals surface area contributed by atoms with Crippen LogP contribution in [0.5, 0.6) is 5.75 Å². The number of nitrogens with zero attached hydrogens (tertiary/aromatic N) is 2. The maximum absolute atomic E-state index is 6.02. The molecule has 2 aromatic rings. The van der Waals surface area contributed by atoms with Crippen LogP contribution in [0.1, 0.15) is 19.5 Å². The number of aromatic nitrogens is 2. The Kier molecular flexibility index (Phi) is 4.93. The van der Waals surface area contributed by atoms with E-state index < -0.39 is 0 Å². The van der Waals surface area contributed by atoms with Crippen molar-refractivity contribution in [3.8, 4) is 17.1 Å². The van der Waals surface area contributed by atoms with Gasteiger partial charge in [-0.25, -0.2) is 9.97 Å². The topological polar surface area (TPSA) is 44.2 Å². The van der Waals surface area contributed by atoms with E-state index in [2.05, 4.69) is 9.97 Å². The van der Waals surface area contributed by atoms with Crippen LogP contribution in [0.15, 0.2) is 30.3 Å². The fourth-order valence-corrected chi connectivity index (χ4v) is 2.00. The minimum Gasteiger partial charge on any atom is -0.491 e. The van der Waals surface area contributed by atoms with Crippen LogP contribution < -0.4 is 4.74 Å². The van der Waals surface area contributed by atoms with Gasteiger partial charge < -0.3 is 9.47 Å². The summed E-state index contributed by atoms with van der Waals surface area (Å²) in [6.45, 7) is 4.37. The second kappa shape index (κ2) is 6.68. The van der Waals surface area contributed by atoms with Gasteiger partial charge in [0.2, 0.25) is 0 Å². The molecule has 0 bridgehead atoms. The lowest BCUT2D eigenvalue weighted by molar-refractivity contribution is 0.181. The quantitative estimate of drug-likeness (QED) is 0.788. The minimum atomic E-state index is 0.120. The summed E-state index contributed by atoms with van der Waals surface area (Å²) in [6, 6.07) is 9.35. The van der Waals surface area contributed by atoms with Gasteiger partial charge in [-0.15, -0.1) is 0 Å². The van der Waals surface area contributed by atoms with Crippen molar-refractivity contribution in [1.29, 1.82) is 0 Å². The van der Waals surface area contributed by atoms with Gasteiger partial charge >= 0.3 is 0 Å². The predicted molar refractivity (Wildman–Crippen MR) is 79.0 cm³/mol. The van der Waals surface area contributed by atoms with Gasteiger partial charge in [-0.2, -0.15) is 0 Å². The maximum Gasteiger partial charge on any atom is 0.161 e. The van der Waals surface area contributed by atoms with E-state index in [9.17, 15) is 0 Å². The van der Waals surface area contributed by atoms with Crippen LogP contribution >= 0.6 is 11.6 Å². The Hall–Kier alpha value is -1.65. The highest BCUT2D eigenvalue weighted by Crippen LogP contribution is 2.23. The predicted octanol–water partition coefficient (Wildman–Crippen LogP) is 3.73. The van der Waals surface area contributed by atoms with E-state index >= 15 is 0 Å². The molecule has 0 aliphatic heterocycles. The third-order valence-corrected chi connectivity index (χ3v) is 2.70. The monoisotopic (exact) mass is 292 g/mol. The van der Waals surface area contributed by atoms with Crippen molar-refractivity contribution in [2.75, 3.05) is 7.11 Å². The Labute approximate surface area is 123 Å². The van der Waals surface area contributed by atoms with Crippen LogP contribution in [0.2, 0.25) is 5.15 Å². The molecule has 4 nitrogen and oxygen atoms in total. The lowest BCUT2D eigenvalue weighted by Crippen LogP contribution is -2.05. The van der Waals surface area contributed by atoms with Crippen molar-refractivity contribution in [3.63, 3.8) is 0 Å². The highest BCUT2D eigenvalue weighted by molar-refractivity contribution is 6.29. The molecule has 1 heterocycles. The van der Waals surface area contributed by atoms with Crippen molar-refractivity contribution < 1.29 is 9.47 Å². The molecular weight excluding hydrogens is 276 g/mol. The molecule has 0 amide bonds. The van der Waals surface area contributed by atoms with E-state index in [0.29, 0.717) is 17.6 Å². The molecule has 2 rings (SSSR count). The van der Waals surface area contributed by atoms with E-state index in [1.54, 1.807) is 13.2 Å². The van der Waals surface area contributed by atoms with E-state index in [0.717, 1.165) is 17.0 Å². The molecule has 1 aromatic heterocycles. The molecule has 0 aliphatic carbocycles. The molecule has 0 aliphatic rings. The summed E-state index contributed by atoms with van der Waals surface area (Å²) in [7, 11) is 1.62. The fourth-order valence-electron chi connectivity index (χ4n) is 1.80. The zero-order valence-electron chi connectivity index (χ0n) is 11.8. The Morgan fingerprint density at radius 1 is 1.20 bits per heavy atom. The minimum absolute atomic E-state index is 0.120. The molecule has 0 saturated heterocycles. The van der Waals surface area contributed by atoms with Crippen LogP contribution in [0.4, 0.5) is 0 Å². The number of hydrogen-bond acceptors (Lipinski definition) is 4. The number of ether oxygens (including phenoxy) is 2. The van der Waals surface area contributed by atoms with Crippen molar-refractivity contribution in [2.45, 2.75) is 26.6 Å². The Morgan fingerprint density at radius 2 is 2.00 bits per heavy atom. The number of hydrogen-bond donors (Lipinski definition) is 0. The normalized spacial score (nSPS) is 10.8. The molecule has 0 fully saturated rings. The average molecular weight is 293 g/mol. The molecule has 0 radical (unpaired) electrons. The van der Waals surface area contributed by atoms with Crippen LogP contribution in [-0.4, -0.2) is 23.2 Å². The molecule has 0 unspecified atom stereocenters. The van der Waals surface area contributed by atoms with E-state index in [1.807, 2.05) is 38.1 Å². The smallest absolute Gasteiger partial charge is 0.161 e. The van der Waals surface area contributed by atoms with Crippen molar-refractivity contribution in [1.82, 2.24) is 9.97 Å². The summed E-state index contributed by atoms with van der Waals surface area (Å²) in [6.07, 6.45) is 0.120. The summed E-state index contributed by atoms with van der Waals surface area (Å²) in [5, 5.41) is 0.400. The zero-order valence-corrected chi connectivity index (χ0v) is 12.5. The number of benzene rings is 1. The third kappa shape index (κ3) is 3.92. The maximum atomic E-state index is 6.02. The highest BCUT2D eigenvalue weighted by Gasteiger charge is 2.07. The highest BCUT2D eigenvalue weighted by atomic mass is 35.5. The van der Waals surface area contributed by atoms with Gasteiger partial charge in [-0.1, -0.05) is 23.7 Å². The second-order valence-electron chi connectivity index (χ2n) is 4.63. The third-order valence-electron chi connectivity index (χ3n) is 2.50. The van der Waals surface area contributed by atoms with Crippen LogP contribution in [0, 0.1) is 0 Å². The van der Waals surface area contributed by atoms with Crippen LogP contribution in [0.3, 0.4) is 0 Å². The van der Waals surface area contributed by atoms with Gasteiger partial charge in [0.1, 0.15) is 10.9 Å². The van der Waals surface area contributed by atoms with Gasteiger partial charge in [0, 0.05) is 12.7 Å². The first-order valence-corrected chi connectivity index (χ1v) is 6.76. The first kappa shape index (κ1) is 14.8. The van der Waals surface area contributed by atoms with Gasteiger partial charge in [-0.05, 0) is 32.0 Å². The Morgan fingerprint density at radius 3 is 2.70 bits per heavy atom. The Balaban J connectivity index is 2.35. The van der Waals surface area contributed by atoms with E-state index in [4.69, 9.17) is 21.1 Å². The van der Waals surface area contributed by atoms with Crippen LogP contribution in [-0.2, 0) is 11.3 Å². The molecule has 0 saturated carbocycles. The zero-order chi connectivity index (χ0) is 14.5. The van der Waals surface area contributed by atoms with Crippen molar-refractivity contribution in [2.24, 2.45) is 0 Å². The SMILES string of the molecule is COCc1cc(Cl)nc(-c2cccc(OC(C)C)c2)n1. The number of halogens is 1. The van der Waals surface area contributed by atoms with Gasteiger partial charge in [0.15, 0.2) is 5.82 Å².